The highest BCUT2D eigenvalue weighted by atomic mass is 19.4. The number of rotatable bonds is 3. The van der Waals surface area contributed by atoms with Crippen LogP contribution in [0.2, 0.25) is 0 Å². The minimum atomic E-state index is -5.07. The van der Waals surface area contributed by atoms with Crippen molar-refractivity contribution in [1.29, 1.82) is 0 Å². The SMILES string of the molecule is CCN(C(=O)C(F)(F)F)c1ccccc1[N+](=O)[O-]. The summed E-state index contributed by atoms with van der Waals surface area (Å²) in [6.07, 6.45) is -5.07. The Morgan fingerprint density at radius 1 is 1.39 bits per heavy atom. The number of para-hydroxylation sites is 2. The van der Waals surface area contributed by atoms with Crippen LogP contribution in [0.1, 0.15) is 6.92 Å². The highest BCUT2D eigenvalue weighted by Gasteiger charge is 2.43. The smallest absolute Gasteiger partial charge is 0.299 e. The Hall–Kier alpha value is -2.12. The van der Waals surface area contributed by atoms with Crippen molar-refractivity contribution in [1.82, 2.24) is 0 Å². The van der Waals surface area contributed by atoms with Crippen molar-refractivity contribution in [3.8, 4) is 0 Å². The molecule has 8 heteroatoms. The van der Waals surface area contributed by atoms with E-state index in [0.717, 1.165) is 12.1 Å². The van der Waals surface area contributed by atoms with Crippen LogP contribution in [-0.4, -0.2) is 23.6 Å². The first-order valence-electron chi connectivity index (χ1n) is 4.91. The maximum absolute atomic E-state index is 12.3. The van der Waals surface area contributed by atoms with E-state index >= 15 is 0 Å². The van der Waals surface area contributed by atoms with Crippen LogP contribution in [-0.2, 0) is 4.79 Å². The van der Waals surface area contributed by atoms with E-state index in [1.807, 2.05) is 0 Å². The summed E-state index contributed by atoms with van der Waals surface area (Å²) in [5.41, 5.74) is -0.913. The standard InChI is InChI=1S/C10H9F3N2O3/c1-2-14(9(16)10(11,12)13)7-5-3-4-6-8(7)15(17)18/h3-6H,2H2,1H3. The van der Waals surface area contributed by atoms with E-state index in [2.05, 4.69) is 0 Å². The maximum atomic E-state index is 12.3. The molecular weight excluding hydrogens is 253 g/mol. The van der Waals surface area contributed by atoms with Crippen LogP contribution in [0.25, 0.3) is 0 Å². The predicted octanol–water partition coefficient (Wildman–Crippen LogP) is 2.51. The van der Waals surface area contributed by atoms with Gasteiger partial charge >= 0.3 is 12.1 Å². The third kappa shape index (κ3) is 2.76. The van der Waals surface area contributed by atoms with Gasteiger partial charge in [0.2, 0.25) is 0 Å². The monoisotopic (exact) mass is 262 g/mol. The molecule has 0 unspecified atom stereocenters. The number of benzene rings is 1. The molecule has 0 spiro atoms. The highest BCUT2D eigenvalue weighted by Crippen LogP contribution is 2.30. The van der Waals surface area contributed by atoms with Gasteiger partial charge in [-0.2, -0.15) is 13.2 Å². The number of hydrogen-bond acceptors (Lipinski definition) is 3. The molecule has 0 aromatic heterocycles. The summed E-state index contributed by atoms with van der Waals surface area (Å²) in [4.78, 5) is 21.3. The molecule has 0 saturated carbocycles. The van der Waals surface area contributed by atoms with Gasteiger partial charge in [0.1, 0.15) is 5.69 Å². The zero-order valence-electron chi connectivity index (χ0n) is 9.27. The van der Waals surface area contributed by atoms with E-state index in [4.69, 9.17) is 0 Å². The highest BCUT2D eigenvalue weighted by molar-refractivity contribution is 5.99. The molecule has 18 heavy (non-hydrogen) atoms. The Kier molecular flexibility index (Phi) is 3.89. The topological polar surface area (TPSA) is 63.5 Å². The summed E-state index contributed by atoms with van der Waals surface area (Å²) in [7, 11) is 0. The molecule has 0 aliphatic heterocycles. The quantitative estimate of drug-likeness (QED) is 0.621. The van der Waals surface area contributed by atoms with Crippen LogP contribution in [0.4, 0.5) is 24.5 Å². The molecule has 5 nitrogen and oxygen atoms in total. The fraction of sp³-hybridized carbons (Fsp3) is 0.300. The fourth-order valence-electron chi connectivity index (χ4n) is 1.42. The Balaban J connectivity index is 3.26. The Bertz CT molecular complexity index is 474. The third-order valence-corrected chi connectivity index (χ3v) is 2.17. The molecule has 0 aliphatic rings. The second kappa shape index (κ2) is 5.03. The summed E-state index contributed by atoms with van der Waals surface area (Å²) < 4.78 is 37.0. The van der Waals surface area contributed by atoms with Crippen molar-refractivity contribution >= 4 is 17.3 Å². The lowest BCUT2D eigenvalue weighted by atomic mass is 10.2. The number of carbonyl (C=O) groups excluding carboxylic acids is 1. The number of anilines is 1. The van der Waals surface area contributed by atoms with Gasteiger partial charge in [-0.1, -0.05) is 12.1 Å². The number of nitro groups is 1. The molecule has 0 bridgehead atoms. The van der Waals surface area contributed by atoms with Crippen LogP contribution in [0.15, 0.2) is 24.3 Å². The molecule has 0 heterocycles. The molecule has 0 N–H and O–H groups in total. The molecule has 1 aromatic rings. The van der Waals surface area contributed by atoms with E-state index in [1.165, 1.54) is 19.1 Å². The van der Waals surface area contributed by atoms with Crippen LogP contribution in [0.5, 0.6) is 0 Å². The van der Waals surface area contributed by atoms with Gasteiger partial charge in [0.05, 0.1) is 4.92 Å². The summed E-state index contributed by atoms with van der Waals surface area (Å²) in [6, 6.07) is 4.79. The number of carbonyl (C=O) groups is 1. The minimum absolute atomic E-state index is 0.316. The first kappa shape index (κ1) is 13.9. The van der Waals surface area contributed by atoms with Gasteiger partial charge in [0, 0.05) is 12.6 Å². The van der Waals surface area contributed by atoms with Gasteiger partial charge in [0.25, 0.3) is 5.69 Å². The largest absolute Gasteiger partial charge is 0.471 e. The molecule has 0 fully saturated rings. The lowest BCUT2D eigenvalue weighted by Crippen LogP contribution is -2.41. The average Bonchev–Trinajstić information content (AvgIpc) is 2.29. The van der Waals surface area contributed by atoms with Crippen LogP contribution in [0.3, 0.4) is 0 Å². The van der Waals surface area contributed by atoms with Crippen molar-refractivity contribution in [2.24, 2.45) is 0 Å². The van der Waals surface area contributed by atoms with Crippen molar-refractivity contribution in [2.75, 3.05) is 11.4 Å². The fourth-order valence-corrected chi connectivity index (χ4v) is 1.42. The van der Waals surface area contributed by atoms with E-state index < -0.39 is 22.7 Å². The summed E-state index contributed by atoms with van der Waals surface area (Å²) >= 11 is 0. The number of amides is 1. The molecule has 0 aliphatic carbocycles. The molecular formula is C10H9F3N2O3. The first-order valence-corrected chi connectivity index (χ1v) is 4.91. The molecule has 1 amide bonds. The normalized spacial score (nSPS) is 11.1. The number of nitro benzene ring substituents is 1. The van der Waals surface area contributed by atoms with Gasteiger partial charge in [-0.3, -0.25) is 19.8 Å². The number of hydrogen-bond donors (Lipinski definition) is 0. The second-order valence-corrected chi connectivity index (χ2v) is 3.29. The lowest BCUT2D eigenvalue weighted by molar-refractivity contribution is -0.384. The third-order valence-electron chi connectivity index (χ3n) is 2.17. The van der Waals surface area contributed by atoms with E-state index in [9.17, 15) is 28.1 Å². The summed E-state index contributed by atoms with van der Waals surface area (Å²) in [5, 5.41) is 10.7. The van der Waals surface area contributed by atoms with Crippen molar-refractivity contribution in [3.05, 3.63) is 34.4 Å². The van der Waals surface area contributed by atoms with Crippen LogP contribution in [0, 0.1) is 10.1 Å². The maximum Gasteiger partial charge on any atom is 0.471 e. The number of nitrogens with zero attached hydrogens (tertiary/aromatic N) is 2. The lowest BCUT2D eigenvalue weighted by Gasteiger charge is -2.21. The van der Waals surface area contributed by atoms with E-state index in [0.29, 0.717) is 4.90 Å². The molecule has 98 valence electrons. The zero-order valence-corrected chi connectivity index (χ0v) is 9.27. The van der Waals surface area contributed by atoms with Crippen molar-refractivity contribution < 1.29 is 22.9 Å². The van der Waals surface area contributed by atoms with Crippen molar-refractivity contribution in [2.45, 2.75) is 13.1 Å². The average molecular weight is 262 g/mol. The number of alkyl halides is 3. The van der Waals surface area contributed by atoms with Crippen LogP contribution >= 0.6 is 0 Å². The molecule has 1 rings (SSSR count). The van der Waals surface area contributed by atoms with Gasteiger partial charge in [-0.05, 0) is 13.0 Å². The predicted molar refractivity (Wildman–Crippen MR) is 57.2 cm³/mol. The zero-order chi connectivity index (χ0) is 13.9. The van der Waals surface area contributed by atoms with E-state index in [-0.39, 0.29) is 12.2 Å². The van der Waals surface area contributed by atoms with Gasteiger partial charge < -0.3 is 0 Å². The summed E-state index contributed by atoms with van der Waals surface area (Å²) in [6.45, 7) is 0.990. The molecule has 0 radical (unpaired) electrons. The van der Waals surface area contributed by atoms with E-state index in [1.54, 1.807) is 0 Å². The number of halogens is 3. The Labute approximate surface area is 100.0 Å². The van der Waals surface area contributed by atoms with Gasteiger partial charge in [0.15, 0.2) is 0 Å². The Morgan fingerprint density at radius 2 is 1.94 bits per heavy atom. The van der Waals surface area contributed by atoms with Gasteiger partial charge in [-0.25, -0.2) is 0 Å². The molecule has 1 aromatic carbocycles. The molecule has 0 saturated heterocycles. The minimum Gasteiger partial charge on any atom is -0.299 e. The van der Waals surface area contributed by atoms with Crippen molar-refractivity contribution in [3.63, 3.8) is 0 Å². The molecule has 0 atom stereocenters. The first-order chi connectivity index (χ1) is 8.29. The van der Waals surface area contributed by atoms with Gasteiger partial charge in [-0.15, -0.1) is 0 Å². The van der Waals surface area contributed by atoms with Crippen LogP contribution < -0.4 is 4.90 Å². The second-order valence-electron chi connectivity index (χ2n) is 3.29. The Morgan fingerprint density at radius 3 is 2.39 bits per heavy atom. The summed E-state index contributed by atoms with van der Waals surface area (Å²) in [5.74, 6) is -2.13.